The molecule has 10 heavy (non-hydrogen) atoms. The third-order valence-electron chi connectivity index (χ3n) is 1.40. The van der Waals surface area contributed by atoms with Gasteiger partial charge in [-0.2, -0.15) is 0 Å². The van der Waals surface area contributed by atoms with Gasteiger partial charge in [-0.25, -0.2) is 0 Å². The Balaban J connectivity index is 0.000000500. The second-order valence-electron chi connectivity index (χ2n) is 1.99. The monoisotopic (exact) mass is 139 g/mol. The first-order chi connectivity index (χ1) is 4.47. The molecular weight excluding hydrogens is 130 g/mol. The van der Waals surface area contributed by atoms with Crippen molar-refractivity contribution >= 4 is 12.2 Å². The molecule has 1 aromatic heterocycles. The van der Waals surface area contributed by atoms with E-state index in [1.165, 1.54) is 5.56 Å². The number of nitrogens with zero attached hydrogens (tertiary/aromatic N) is 1. The molecule has 0 aliphatic carbocycles. The second kappa shape index (κ2) is 2.53. The van der Waals surface area contributed by atoms with Gasteiger partial charge in [-0.1, -0.05) is 0 Å². The van der Waals surface area contributed by atoms with Crippen molar-refractivity contribution in [2.45, 2.75) is 6.54 Å². The maximum absolute atomic E-state index is 4.03. The SMILES string of the molecule is C1=NCc2cc[nH]c2N1.O. The van der Waals surface area contributed by atoms with Crippen LogP contribution in [0.25, 0.3) is 0 Å². The largest absolute Gasteiger partial charge is 0.412 e. The predicted octanol–water partition coefficient (Wildman–Crippen LogP) is 0.144. The van der Waals surface area contributed by atoms with E-state index in [4.69, 9.17) is 0 Å². The number of hydrogen-bond donors (Lipinski definition) is 2. The first-order valence-corrected chi connectivity index (χ1v) is 2.88. The highest BCUT2D eigenvalue weighted by Crippen LogP contribution is 2.15. The highest BCUT2D eigenvalue weighted by molar-refractivity contribution is 5.77. The quantitative estimate of drug-likeness (QED) is 0.527. The summed E-state index contributed by atoms with van der Waals surface area (Å²) in [5.74, 6) is 1.07. The van der Waals surface area contributed by atoms with Gasteiger partial charge in [-0.05, 0) is 6.07 Å². The van der Waals surface area contributed by atoms with E-state index in [1.807, 2.05) is 12.3 Å². The third kappa shape index (κ3) is 0.886. The molecule has 0 aromatic carbocycles. The minimum absolute atomic E-state index is 0. The zero-order chi connectivity index (χ0) is 6.10. The van der Waals surface area contributed by atoms with Crippen LogP contribution >= 0.6 is 0 Å². The number of aromatic nitrogens is 1. The van der Waals surface area contributed by atoms with Crippen molar-refractivity contribution in [3.63, 3.8) is 0 Å². The van der Waals surface area contributed by atoms with Crippen molar-refractivity contribution in [1.82, 2.24) is 4.98 Å². The van der Waals surface area contributed by atoms with Gasteiger partial charge in [-0.3, -0.25) is 4.99 Å². The normalized spacial score (nSPS) is 13.2. The van der Waals surface area contributed by atoms with E-state index in [-0.39, 0.29) is 5.48 Å². The number of anilines is 1. The lowest BCUT2D eigenvalue weighted by molar-refractivity contribution is 0.824. The van der Waals surface area contributed by atoms with E-state index >= 15 is 0 Å². The summed E-state index contributed by atoms with van der Waals surface area (Å²) >= 11 is 0. The summed E-state index contributed by atoms with van der Waals surface area (Å²) in [6.45, 7) is 0.797. The van der Waals surface area contributed by atoms with Crippen LogP contribution in [0.5, 0.6) is 0 Å². The minimum atomic E-state index is 0. The van der Waals surface area contributed by atoms with Crippen LogP contribution in [0.1, 0.15) is 5.56 Å². The second-order valence-corrected chi connectivity index (χ2v) is 1.99. The van der Waals surface area contributed by atoms with Crippen LogP contribution < -0.4 is 5.32 Å². The lowest BCUT2D eigenvalue weighted by Gasteiger charge is -2.04. The van der Waals surface area contributed by atoms with Crippen molar-refractivity contribution in [1.29, 1.82) is 0 Å². The first kappa shape index (κ1) is 6.82. The molecule has 0 saturated heterocycles. The summed E-state index contributed by atoms with van der Waals surface area (Å²) in [5.41, 5.74) is 1.23. The zero-order valence-corrected chi connectivity index (χ0v) is 5.39. The Kier molecular flexibility index (Phi) is 1.73. The standard InChI is InChI=1S/C6H7N3.H2O/c1-2-8-6-5(1)3-7-4-9-6;/h1-2,4,8H,3H2,(H,7,9);1H2. The molecule has 0 fully saturated rings. The Morgan fingerprint density at radius 3 is 3.20 bits per heavy atom. The summed E-state index contributed by atoms with van der Waals surface area (Å²) in [5, 5.41) is 3.00. The van der Waals surface area contributed by atoms with Gasteiger partial charge in [0.1, 0.15) is 5.82 Å². The van der Waals surface area contributed by atoms with Gasteiger partial charge in [0.2, 0.25) is 0 Å². The molecule has 1 aliphatic rings. The summed E-state index contributed by atoms with van der Waals surface area (Å²) in [6.07, 6.45) is 3.62. The predicted molar refractivity (Wildman–Crippen MR) is 40.2 cm³/mol. The molecule has 0 amide bonds. The minimum Gasteiger partial charge on any atom is -0.412 e. The fraction of sp³-hybridized carbons (Fsp3) is 0.167. The van der Waals surface area contributed by atoms with Crippen molar-refractivity contribution in [2.75, 3.05) is 5.32 Å². The molecule has 4 nitrogen and oxygen atoms in total. The fourth-order valence-electron chi connectivity index (χ4n) is 0.922. The molecule has 1 aromatic rings. The van der Waals surface area contributed by atoms with Gasteiger partial charge in [0.05, 0.1) is 12.9 Å². The average molecular weight is 139 g/mol. The Labute approximate surface area is 58.3 Å². The van der Waals surface area contributed by atoms with Gasteiger partial charge in [0.15, 0.2) is 0 Å². The van der Waals surface area contributed by atoms with E-state index in [0.717, 1.165) is 12.4 Å². The molecule has 0 unspecified atom stereocenters. The number of hydrogen-bond acceptors (Lipinski definition) is 2. The molecular formula is C6H9N3O. The van der Waals surface area contributed by atoms with Crippen molar-refractivity contribution < 1.29 is 5.48 Å². The molecule has 0 saturated carbocycles. The summed E-state index contributed by atoms with van der Waals surface area (Å²) in [6, 6.07) is 2.03. The van der Waals surface area contributed by atoms with Crippen LogP contribution in [0.2, 0.25) is 0 Å². The van der Waals surface area contributed by atoms with E-state index in [0.29, 0.717) is 0 Å². The zero-order valence-electron chi connectivity index (χ0n) is 5.39. The van der Waals surface area contributed by atoms with Crippen LogP contribution in [0.4, 0.5) is 5.82 Å². The van der Waals surface area contributed by atoms with Crippen molar-refractivity contribution in [2.24, 2.45) is 4.99 Å². The summed E-state index contributed by atoms with van der Waals surface area (Å²) in [4.78, 5) is 7.09. The number of aliphatic imine (C=N–C) groups is 1. The first-order valence-electron chi connectivity index (χ1n) is 2.88. The van der Waals surface area contributed by atoms with Crippen molar-refractivity contribution in [3.05, 3.63) is 17.8 Å². The fourth-order valence-corrected chi connectivity index (χ4v) is 0.922. The molecule has 0 atom stereocenters. The maximum Gasteiger partial charge on any atom is 0.113 e. The number of rotatable bonds is 0. The van der Waals surface area contributed by atoms with Gasteiger partial charge in [0, 0.05) is 11.8 Å². The molecule has 4 heteroatoms. The van der Waals surface area contributed by atoms with Crippen LogP contribution in [-0.4, -0.2) is 16.8 Å². The number of fused-ring (bicyclic) bond motifs is 1. The Bertz CT molecular complexity index is 218. The summed E-state index contributed by atoms with van der Waals surface area (Å²) in [7, 11) is 0. The van der Waals surface area contributed by atoms with Crippen molar-refractivity contribution in [3.8, 4) is 0 Å². The van der Waals surface area contributed by atoms with E-state index in [1.54, 1.807) is 6.34 Å². The number of nitrogens with one attached hydrogen (secondary N) is 2. The van der Waals surface area contributed by atoms with Crippen LogP contribution in [0.15, 0.2) is 17.3 Å². The molecule has 54 valence electrons. The third-order valence-corrected chi connectivity index (χ3v) is 1.40. The Morgan fingerprint density at radius 1 is 1.50 bits per heavy atom. The molecule has 2 heterocycles. The van der Waals surface area contributed by atoms with Crippen LogP contribution in [-0.2, 0) is 6.54 Å². The highest BCUT2D eigenvalue weighted by atomic mass is 16.0. The lowest BCUT2D eigenvalue weighted by atomic mass is 10.3. The molecule has 0 spiro atoms. The smallest absolute Gasteiger partial charge is 0.113 e. The molecule has 0 bridgehead atoms. The van der Waals surface area contributed by atoms with Gasteiger partial charge < -0.3 is 15.8 Å². The van der Waals surface area contributed by atoms with E-state index in [2.05, 4.69) is 15.3 Å². The van der Waals surface area contributed by atoms with Crippen LogP contribution in [0.3, 0.4) is 0 Å². The maximum atomic E-state index is 4.03. The number of H-pyrrole nitrogens is 1. The average Bonchev–Trinajstić information content (AvgIpc) is 2.33. The summed E-state index contributed by atoms with van der Waals surface area (Å²) < 4.78 is 0. The topological polar surface area (TPSA) is 71.7 Å². The molecule has 2 rings (SSSR count). The lowest BCUT2D eigenvalue weighted by Crippen LogP contribution is -2.02. The Morgan fingerprint density at radius 2 is 2.40 bits per heavy atom. The molecule has 1 aliphatic heterocycles. The molecule has 4 N–H and O–H groups in total. The highest BCUT2D eigenvalue weighted by Gasteiger charge is 2.02. The van der Waals surface area contributed by atoms with Crippen LogP contribution in [0, 0.1) is 0 Å². The van der Waals surface area contributed by atoms with Gasteiger partial charge in [0.25, 0.3) is 0 Å². The van der Waals surface area contributed by atoms with Gasteiger partial charge >= 0.3 is 0 Å². The van der Waals surface area contributed by atoms with Gasteiger partial charge in [-0.15, -0.1) is 0 Å². The molecule has 0 radical (unpaired) electrons. The van der Waals surface area contributed by atoms with E-state index in [9.17, 15) is 0 Å². The Hall–Kier alpha value is -1.29. The number of aromatic amines is 1. The van der Waals surface area contributed by atoms with E-state index < -0.39 is 0 Å².